The highest BCUT2D eigenvalue weighted by Crippen LogP contribution is 2.29. The van der Waals surface area contributed by atoms with Crippen LogP contribution in [0.4, 0.5) is 17.6 Å². The molecule has 4 nitrogen and oxygen atoms in total. The monoisotopic (exact) mass is 350 g/mol. The number of ether oxygens (including phenoxy) is 2. The molecule has 0 saturated carbocycles. The first-order valence-electron chi connectivity index (χ1n) is 7.26. The van der Waals surface area contributed by atoms with Gasteiger partial charge in [-0.1, -0.05) is 13.8 Å². The molecule has 8 heteroatoms. The summed E-state index contributed by atoms with van der Waals surface area (Å²) in [6.45, 7) is 4.58. The van der Waals surface area contributed by atoms with Crippen LogP contribution in [0.5, 0.6) is 5.75 Å². The maximum atomic E-state index is 13.8. The molecule has 0 aliphatic heterocycles. The van der Waals surface area contributed by atoms with E-state index in [-0.39, 0.29) is 18.1 Å². The summed E-state index contributed by atoms with van der Waals surface area (Å²) in [7, 11) is 0. The highest BCUT2D eigenvalue weighted by molar-refractivity contribution is 5.90. The zero-order valence-corrected chi connectivity index (χ0v) is 13.4. The minimum atomic E-state index is -4.74. The van der Waals surface area contributed by atoms with Gasteiger partial charge in [-0.05, 0) is 30.9 Å². The van der Waals surface area contributed by atoms with Crippen molar-refractivity contribution in [3.05, 3.63) is 29.6 Å². The molecular formula is C16H18F4O4. The molecule has 0 amide bonds. The molecule has 0 aliphatic rings. The molecule has 0 N–H and O–H groups in total. The van der Waals surface area contributed by atoms with E-state index in [1.807, 2.05) is 0 Å². The Kier molecular flexibility index (Phi) is 6.74. The summed E-state index contributed by atoms with van der Waals surface area (Å²) >= 11 is 0. The molecule has 1 atom stereocenters. The van der Waals surface area contributed by atoms with E-state index in [0.29, 0.717) is 0 Å². The third kappa shape index (κ3) is 6.17. The number of halogens is 4. The number of alkyl halides is 3. The first kappa shape index (κ1) is 19.9. The molecule has 134 valence electrons. The smallest absolute Gasteiger partial charge is 0.425 e. The van der Waals surface area contributed by atoms with Crippen molar-refractivity contribution in [3.8, 4) is 5.75 Å². The van der Waals surface area contributed by atoms with Crippen molar-refractivity contribution in [2.24, 2.45) is 5.92 Å². The van der Waals surface area contributed by atoms with Gasteiger partial charge in [-0.2, -0.15) is 13.2 Å². The van der Waals surface area contributed by atoms with E-state index in [1.54, 1.807) is 13.8 Å². The third-order valence-corrected chi connectivity index (χ3v) is 3.04. The molecule has 0 radical (unpaired) electrons. The average Bonchev–Trinajstić information content (AvgIpc) is 2.41. The minimum Gasteiger partial charge on any atom is -0.449 e. The topological polar surface area (TPSA) is 52.6 Å². The second-order valence-corrected chi connectivity index (χ2v) is 5.64. The molecule has 0 saturated heterocycles. The molecule has 0 spiro atoms. The van der Waals surface area contributed by atoms with E-state index in [4.69, 9.17) is 0 Å². The Morgan fingerprint density at radius 1 is 1.17 bits per heavy atom. The molecule has 1 aromatic rings. The van der Waals surface area contributed by atoms with Crippen LogP contribution in [-0.4, -0.2) is 24.2 Å². The van der Waals surface area contributed by atoms with Crippen LogP contribution in [0.3, 0.4) is 0 Å². The van der Waals surface area contributed by atoms with Crippen molar-refractivity contribution in [1.29, 1.82) is 0 Å². The van der Waals surface area contributed by atoms with E-state index in [1.165, 1.54) is 0 Å². The number of carbonyl (C=O) groups is 2. The summed E-state index contributed by atoms with van der Waals surface area (Å²) in [5.41, 5.74) is -0.662. The number of hydrogen-bond donors (Lipinski definition) is 0. The summed E-state index contributed by atoms with van der Waals surface area (Å²) in [6, 6.07) is 2.73. The van der Waals surface area contributed by atoms with Gasteiger partial charge in [0, 0.05) is 13.0 Å². The van der Waals surface area contributed by atoms with E-state index in [2.05, 4.69) is 9.47 Å². The van der Waals surface area contributed by atoms with Crippen LogP contribution < -0.4 is 4.74 Å². The predicted octanol–water partition coefficient (Wildman–Crippen LogP) is 4.27. The minimum absolute atomic E-state index is 0.00620. The quantitative estimate of drug-likeness (QED) is 0.437. The highest BCUT2D eigenvalue weighted by atomic mass is 19.4. The maximum Gasteiger partial charge on any atom is 0.425 e. The van der Waals surface area contributed by atoms with Crippen molar-refractivity contribution >= 4 is 11.9 Å². The largest absolute Gasteiger partial charge is 0.449 e. The second-order valence-electron chi connectivity index (χ2n) is 5.64. The zero-order valence-electron chi connectivity index (χ0n) is 13.4. The van der Waals surface area contributed by atoms with Crippen molar-refractivity contribution in [3.63, 3.8) is 0 Å². The van der Waals surface area contributed by atoms with E-state index in [9.17, 15) is 27.2 Å². The summed E-state index contributed by atoms with van der Waals surface area (Å²) in [4.78, 5) is 22.6. The van der Waals surface area contributed by atoms with Gasteiger partial charge in [-0.25, -0.2) is 9.18 Å². The molecule has 24 heavy (non-hydrogen) atoms. The van der Waals surface area contributed by atoms with E-state index < -0.39 is 42.0 Å². The highest BCUT2D eigenvalue weighted by Gasteiger charge is 2.42. The van der Waals surface area contributed by atoms with Crippen LogP contribution in [0.2, 0.25) is 0 Å². The van der Waals surface area contributed by atoms with Gasteiger partial charge < -0.3 is 9.47 Å². The van der Waals surface area contributed by atoms with E-state index in [0.717, 1.165) is 25.1 Å². The Morgan fingerprint density at radius 2 is 1.79 bits per heavy atom. The molecule has 1 rings (SSSR count). The van der Waals surface area contributed by atoms with Gasteiger partial charge in [0.25, 0.3) is 0 Å². The first-order valence-corrected chi connectivity index (χ1v) is 7.26. The normalized spacial score (nSPS) is 12.8. The Labute approximate surface area is 136 Å². The van der Waals surface area contributed by atoms with Gasteiger partial charge in [0.15, 0.2) is 6.10 Å². The van der Waals surface area contributed by atoms with Crippen molar-refractivity contribution in [2.45, 2.75) is 45.9 Å². The van der Waals surface area contributed by atoms with Crippen molar-refractivity contribution in [1.82, 2.24) is 0 Å². The van der Waals surface area contributed by atoms with Gasteiger partial charge >= 0.3 is 18.1 Å². The predicted molar refractivity (Wildman–Crippen MR) is 77.0 cm³/mol. The van der Waals surface area contributed by atoms with Crippen molar-refractivity contribution < 1.29 is 36.6 Å². The van der Waals surface area contributed by atoms with Gasteiger partial charge in [0.1, 0.15) is 11.6 Å². The standard InChI is InChI=1S/C16H18F4O4/c1-9(2)4-7-14(16(18,19)20)24-15(22)12-6-5-11(8-13(12)17)23-10(3)21/h5-6,8-9,14H,4,7H2,1-3H3/t14-/m1/s1. The molecule has 0 unspecified atom stereocenters. The lowest BCUT2D eigenvalue weighted by atomic mass is 10.0. The summed E-state index contributed by atoms with van der Waals surface area (Å²) in [5, 5.41) is 0. The number of carbonyl (C=O) groups excluding carboxylic acids is 2. The summed E-state index contributed by atoms with van der Waals surface area (Å²) in [6.07, 6.45) is -7.25. The fourth-order valence-electron chi connectivity index (χ4n) is 1.86. The van der Waals surface area contributed by atoms with Gasteiger partial charge in [-0.15, -0.1) is 0 Å². The second kappa shape index (κ2) is 8.12. The van der Waals surface area contributed by atoms with E-state index >= 15 is 0 Å². The maximum absolute atomic E-state index is 13.8. The SMILES string of the molecule is CC(=O)Oc1ccc(C(=O)O[C@H](CCC(C)C)C(F)(F)F)c(F)c1. The lowest BCUT2D eigenvalue weighted by Crippen LogP contribution is -2.34. The van der Waals surface area contributed by atoms with Crippen LogP contribution in [-0.2, 0) is 9.53 Å². The molecule has 0 aliphatic carbocycles. The molecule has 1 aromatic carbocycles. The molecule has 0 bridgehead atoms. The zero-order chi connectivity index (χ0) is 18.5. The lowest BCUT2D eigenvalue weighted by molar-refractivity contribution is -0.206. The average molecular weight is 350 g/mol. The van der Waals surface area contributed by atoms with Gasteiger partial charge in [-0.3, -0.25) is 4.79 Å². The summed E-state index contributed by atoms with van der Waals surface area (Å²) < 4.78 is 61.7. The number of rotatable bonds is 6. The van der Waals surface area contributed by atoms with Crippen LogP contribution in [0.25, 0.3) is 0 Å². The Balaban J connectivity index is 2.89. The number of esters is 2. The van der Waals surface area contributed by atoms with Gasteiger partial charge in [0.05, 0.1) is 5.56 Å². The van der Waals surface area contributed by atoms with Crippen LogP contribution in [0.15, 0.2) is 18.2 Å². The Bertz CT molecular complexity index is 596. The van der Waals surface area contributed by atoms with Crippen LogP contribution in [0, 0.1) is 11.7 Å². The fourth-order valence-corrected chi connectivity index (χ4v) is 1.86. The molecule has 0 fully saturated rings. The van der Waals surface area contributed by atoms with Crippen LogP contribution in [0.1, 0.15) is 44.0 Å². The van der Waals surface area contributed by atoms with Crippen molar-refractivity contribution in [2.75, 3.05) is 0 Å². The van der Waals surface area contributed by atoms with Gasteiger partial charge in [0.2, 0.25) is 0 Å². The lowest BCUT2D eigenvalue weighted by Gasteiger charge is -2.21. The first-order chi connectivity index (χ1) is 11.0. The Morgan fingerprint density at radius 3 is 2.25 bits per heavy atom. The number of hydrogen-bond acceptors (Lipinski definition) is 4. The van der Waals surface area contributed by atoms with Crippen LogP contribution >= 0.6 is 0 Å². The third-order valence-electron chi connectivity index (χ3n) is 3.04. The fraction of sp³-hybridized carbons (Fsp3) is 0.500. The molecule has 0 aromatic heterocycles. The summed E-state index contributed by atoms with van der Waals surface area (Å²) in [5.74, 6) is -3.43. The Hall–Kier alpha value is -2.12. The molecular weight excluding hydrogens is 332 g/mol. The molecule has 0 heterocycles. The number of benzene rings is 1.